The van der Waals surface area contributed by atoms with Crippen molar-refractivity contribution in [2.24, 2.45) is 5.73 Å². The SMILES string of the molecule is NCC(=C1CC1)N1CCCC1C(=O)O. The van der Waals surface area contributed by atoms with Crippen molar-refractivity contribution in [2.45, 2.75) is 31.7 Å². The largest absolute Gasteiger partial charge is 0.480 e. The van der Waals surface area contributed by atoms with Gasteiger partial charge in [0.1, 0.15) is 6.04 Å². The summed E-state index contributed by atoms with van der Waals surface area (Å²) < 4.78 is 0. The number of allylic oxidation sites excluding steroid dienone is 1. The van der Waals surface area contributed by atoms with Crippen LogP contribution < -0.4 is 5.73 Å². The molecule has 3 N–H and O–H groups in total. The number of likely N-dealkylation sites (tertiary alicyclic amines) is 1. The standard InChI is InChI=1S/C10H16N2O2/c11-6-9(7-3-4-7)12-5-1-2-8(12)10(13)14/h8H,1-6,11H2,(H,13,14). The van der Waals surface area contributed by atoms with Crippen LogP contribution in [0.5, 0.6) is 0 Å². The highest BCUT2D eigenvalue weighted by molar-refractivity contribution is 5.74. The van der Waals surface area contributed by atoms with Crippen molar-refractivity contribution in [2.75, 3.05) is 13.1 Å². The van der Waals surface area contributed by atoms with E-state index in [-0.39, 0.29) is 6.04 Å². The van der Waals surface area contributed by atoms with Gasteiger partial charge in [-0.2, -0.15) is 0 Å². The molecule has 0 aromatic heterocycles. The summed E-state index contributed by atoms with van der Waals surface area (Å²) >= 11 is 0. The fourth-order valence-electron chi connectivity index (χ4n) is 2.16. The molecule has 1 saturated heterocycles. The average molecular weight is 196 g/mol. The van der Waals surface area contributed by atoms with Crippen LogP contribution in [-0.2, 0) is 4.79 Å². The van der Waals surface area contributed by atoms with Gasteiger partial charge in [-0.15, -0.1) is 0 Å². The van der Waals surface area contributed by atoms with E-state index in [0.29, 0.717) is 6.54 Å². The summed E-state index contributed by atoms with van der Waals surface area (Å²) in [5.74, 6) is -0.713. The second-order valence-electron chi connectivity index (χ2n) is 3.94. The van der Waals surface area contributed by atoms with Crippen molar-refractivity contribution in [3.8, 4) is 0 Å². The highest BCUT2D eigenvalue weighted by Gasteiger charge is 2.33. The van der Waals surface area contributed by atoms with E-state index in [2.05, 4.69) is 0 Å². The van der Waals surface area contributed by atoms with Gasteiger partial charge in [-0.3, -0.25) is 0 Å². The third-order valence-corrected chi connectivity index (χ3v) is 2.99. The van der Waals surface area contributed by atoms with Crippen molar-refractivity contribution >= 4 is 5.97 Å². The molecule has 2 fully saturated rings. The molecule has 4 heteroatoms. The minimum atomic E-state index is -0.713. The van der Waals surface area contributed by atoms with Gasteiger partial charge in [-0.05, 0) is 31.3 Å². The van der Waals surface area contributed by atoms with Crippen LogP contribution in [0.2, 0.25) is 0 Å². The summed E-state index contributed by atoms with van der Waals surface area (Å²) in [5, 5.41) is 9.03. The summed E-state index contributed by atoms with van der Waals surface area (Å²) in [6.07, 6.45) is 3.94. The number of hydrogen-bond acceptors (Lipinski definition) is 3. The molecule has 78 valence electrons. The Morgan fingerprint density at radius 3 is 2.79 bits per heavy atom. The molecule has 1 aliphatic carbocycles. The van der Waals surface area contributed by atoms with Gasteiger partial charge in [0.15, 0.2) is 0 Å². The van der Waals surface area contributed by atoms with Gasteiger partial charge in [-0.1, -0.05) is 0 Å². The minimum absolute atomic E-state index is 0.332. The Hall–Kier alpha value is -1.03. The quantitative estimate of drug-likeness (QED) is 0.691. The molecule has 1 heterocycles. The van der Waals surface area contributed by atoms with Crippen molar-refractivity contribution in [3.05, 3.63) is 11.3 Å². The number of carboxylic acids is 1. The fourth-order valence-corrected chi connectivity index (χ4v) is 2.16. The Bertz CT molecular complexity index is 280. The summed E-state index contributed by atoms with van der Waals surface area (Å²) in [6, 6.07) is -0.332. The lowest BCUT2D eigenvalue weighted by atomic mass is 10.2. The molecule has 1 unspecified atom stereocenters. The highest BCUT2D eigenvalue weighted by atomic mass is 16.4. The number of nitrogens with two attached hydrogens (primary N) is 1. The van der Waals surface area contributed by atoms with Crippen LogP contribution in [-0.4, -0.2) is 35.1 Å². The maximum absolute atomic E-state index is 11.0. The van der Waals surface area contributed by atoms with Crippen LogP contribution in [0.3, 0.4) is 0 Å². The van der Waals surface area contributed by atoms with Gasteiger partial charge in [0.05, 0.1) is 0 Å². The molecule has 14 heavy (non-hydrogen) atoms. The lowest BCUT2D eigenvalue weighted by Crippen LogP contribution is -2.37. The first-order chi connectivity index (χ1) is 6.74. The normalized spacial score (nSPS) is 25.4. The highest BCUT2D eigenvalue weighted by Crippen LogP contribution is 2.35. The molecule has 4 nitrogen and oxygen atoms in total. The van der Waals surface area contributed by atoms with Crippen LogP contribution in [0.4, 0.5) is 0 Å². The van der Waals surface area contributed by atoms with Gasteiger partial charge in [-0.25, -0.2) is 4.79 Å². The Balaban J connectivity index is 2.16. The van der Waals surface area contributed by atoms with Gasteiger partial charge in [0.2, 0.25) is 0 Å². The zero-order chi connectivity index (χ0) is 10.1. The van der Waals surface area contributed by atoms with Gasteiger partial charge in [0.25, 0.3) is 0 Å². The number of hydrogen-bond donors (Lipinski definition) is 2. The summed E-state index contributed by atoms with van der Waals surface area (Å²) in [4.78, 5) is 13.0. The van der Waals surface area contributed by atoms with Crippen LogP contribution in [0.1, 0.15) is 25.7 Å². The number of carbonyl (C=O) groups is 1. The predicted octanol–water partition coefficient (Wildman–Crippen LogP) is 0.542. The number of rotatable bonds is 3. The first-order valence-corrected chi connectivity index (χ1v) is 5.14. The summed E-state index contributed by atoms with van der Waals surface area (Å²) in [6.45, 7) is 1.34. The van der Waals surface area contributed by atoms with Crippen molar-refractivity contribution in [1.29, 1.82) is 0 Å². The Kier molecular flexibility index (Phi) is 2.46. The van der Waals surface area contributed by atoms with E-state index in [1.807, 2.05) is 4.90 Å². The third-order valence-electron chi connectivity index (χ3n) is 2.99. The maximum atomic E-state index is 11.0. The van der Waals surface area contributed by atoms with Crippen molar-refractivity contribution in [1.82, 2.24) is 4.90 Å². The first-order valence-electron chi connectivity index (χ1n) is 5.14. The molecule has 0 bridgehead atoms. The second kappa shape index (κ2) is 3.61. The third kappa shape index (κ3) is 1.62. The lowest BCUT2D eigenvalue weighted by Gasteiger charge is -2.25. The number of nitrogens with zero attached hydrogens (tertiary/aromatic N) is 1. The molecular formula is C10H16N2O2. The van der Waals surface area contributed by atoms with Crippen molar-refractivity contribution < 1.29 is 9.90 Å². The van der Waals surface area contributed by atoms with Crippen LogP contribution in [0, 0.1) is 0 Å². The Morgan fingerprint density at radius 2 is 2.29 bits per heavy atom. The summed E-state index contributed by atoms with van der Waals surface area (Å²) in [7, 11) is 0. The molecule has 1 saturated carbocycles. The van der Waals surface area contributed by atoms with Gasteiger partial charge in [0, 0.05) is 18.8 Å². The van der Waals surface area contributed by atoms with Crippen molar-refractivity contribution in [3.63, 3.8) is 0 Å². The zero-order valence-electron chi connectivity index (χ0n) is 8.20. The molecule has 0 radical (unpaired) electrons. The number of carboxylic acid groups (broad SMARTS) is 1. The molecule has 0 aromatic rings. The molecular weight excluding hydrogens is 180 g/mol. The molecule has 0 amide bonds. The van der Waals surface area contributed by atoms with E-state index in [4.69, 9.17) is 10.8 Å². The lowest BCUT2D eigenvalue weighted by molar-refractivity contribution is -0.141. The van der Waals surface area contributed by atoms with E-state index in [1.165, 1.54) is 5.57 Å². The summed E-state index contributed by atoms with van der Waals surface area (Å²) in [5.41, 5.74) is 8.12. The van der Waals surface area contributed by atoms with E-state index in [9.17, 15) is 4.79 Å². The zero-order valence-corrected chi connectivity index (χ0v) is 8.20. The molecule has 1 atom stereocenters. The molecule has 2 aliphatic rings. The number of aliphatic carboxylic acids is 1. The van der Waals surface area contributed by atoms with E-state index in [0.717, 1.165) is 37.9 Å². The maximum Gasteiger partial charge on any atom is 0.326 e. The molecule has 2 rings (SSSR count). The van der Waals surface area contributed by atoms with Gasteiger partial charge >= 0.3 is 5.97 Å². The van der Waals surface area contributed by atoms with Crippen LogP contribution in [0.15, 0.2) is 11.3 Å². The van der Waals surface area contributed by atoms with E-state index in [1.54, 1.807) is 0 Å². The topological polar surface area (TPSA) is 66.6 Å². The molecule has 0 aromatic carbocycles. The van der Waals surface area contributed by atoms with E-state index >= 15 is 0 Å². The average Bonchev–Trinajstić information content (AvgIpc) is 2.84. The molecule has 1 aliphatic heterocycles. The monoisotopic (exact) mass is 196 g/mol. The second-order valence-corrected chi connectivity index (χ2v) is 3.94. The smallest absolute Gasteiger partial charge is 0.326 e. The first kappa shape index (κ1) is 9.52. The molecule has 0 spiro atoms. The van der Waals surface area contributed by atoms with Crippen LogP contribution >= 0.6 is 0 Å². The van der Waals surface area contributed by atoms with E-state index < -0.39 is 5.97 Å². The Morgan fingerprint density at radius 1 is 1.57 bits per heavy atom. The predicted molar refractivity (Wildman–Crippen MR) is 52.7 cm³/mol. The minimum Gasteiger partial charge on any atom is -0.480 e. The van der Waals surface area contributed by atoms with Gasteiger partial charge < -0.3 is 15.7 Å². The van der Waals surface area contributed by atoms with Crippen LogP contribution in [0.25, 0.3) is 0 Å². The fraction of sp³-hybridized carbons (Fsp3) is 0.700. The Labute approximate surface area is 83.4 Å².